The van der Waals surface area contributed by atoms with Gasteiger partial charge in [-0.25, -0.2) is 0 Å². The fourth-order valence-corrected chi connectivity index (χ4v) is 3.34. The van der Waals surface area contributed by atoms with Crippen LogP contribution in [0.15, 0.2) is 11.7 Å². The van der Waals surface area contributed by atoms with Crippen molar-refractivity contribution in [1.29, 1.82) is 0 Å². The lowest BCUT2D eigenvalue weighted by molar-refractivity contribution is -0.121. The van der Waals surface area contributed by atoms with E-state index in [1.54, 1.807) is 11.3 Å². The Morgan fingerprint density at radius 2 is 2.33 bits per heavy atom. The summed E-state index contributed by atoms with van der Waals surface area (Å²) in [6.45, 7) is 4.52. The van der Waals surface area contributed by atoms with E-state index in [0.717, 1.165) is 19.3 Å². The van der Waals surface area contributed by atoms with E-state index in [1.807, 2.05) is 11.7 Å². The highest BCUT2D eigenvalue weighted by Gasteiger charge is 2.32. The molecule has 0 aliphatic heterocycles. The molecule has 2 unspecified atom stereocenters. The van der Waals surface area contributed by atoms with Crippen LogP contribution in [-0.2, 0) is 4.79 Å². The monoisotopic (exact) mass is 223 g/mol. The van der Waals surface area contributed by atoms with Crippen molar-refractivity contribution in [3.05, 3.63) is 16.6 Å². The van der Waals surface area contributed by atoms with Crippen LogP contribution in [0.25, 0.3) is 0 Å². The van der Waals surface area contributed by atoms with Gasteiger partial charge >= 0.3 is 0 Å². The van der Waals surface area contributed by atoms with Gasteiger partial charge in [-0.2, -0.15) is 0 Å². The Bertz CT molecular complexity index is 331. The molecule has 0 aromatic carbocycles. The maximum Gasteiger partial charge on any atom is 0.133 e. The van der Waals surface area contributed by atoms with Gasteiger partial charge in [0.25, 0.3) is 0 Å². The molecule has 0 N–H and O–H groups in total. The molecule has 1 saturated carbocycles. The van der Waals surface area contributed by atoms with Crippen molar-refractivity contribution >= 4 is 17.1 Å². The Labute approximate surface area is 94.7 Å². The molecule has 1 heterocycles. The first kappa shape index (κ1) is 10.8. The lowest BCUT2D eigenvalue weighted by Gasteiger charge is -2.32. The van der Waals surface area contributed by atoms with Gasteiger partial charge < -0.3 is 0 Å². The van der Waals surface area contributed by atoms with Crippen LogP contribution < -0.4 is 0 Å². The molecule has 0 spiro atoms. The second kappa shape index (κ2) is 4.44. The van der Waals surface area contributed by atoms with E-state index in [1.165, 1.54) is 4.88 Å². The first-order valence-corrected chi connectivity index (χ1v) is 6.46. The smallest absolute Gasteiger partial charge is 0.133 e. The number of rotatable bonds is 2. The van der Waals surface area contributed by atoms with Gasteiger partial charge in [0.1, 0.15) is 5.78 Å². The maximum atomic E-state index is 11.5. The lowest BCUT2D eigenvalue weighted by Crippen LogP contribution is -2.26. The van der Waals surface area contributed by atoms with E-state index < -0.39 is 0 Å². The van der Waals surface area contributed by atoms with Gasteiger partial charge in [0.15, 0.2) is 0 Å². The van der Waals surface area contributed by atoms with Crippen molar-refractivity contribution in [3.63, 3.8) is 0 Å². The molecule has 15 heavy (non-hydrogen) atoms. The van der Waals surface area contributed by atoms with E-state index >= 15 is 0 Å². The number of hydrogen-bond donors (Lipinski definition) is 0. The van der Waals surface area contributed by atoms with Crippen molar-refractivity contribution in [2.45, 2.75) is 39.0 Å². The van der Waals surface area contributed by atoms with Gasteiger partial charge in [-0.3, -0.25) is 9.78 Å². The van der Waals surface area contributed by atoms with Crippen molar-refractivity contribution in [2.75, 3.05) is 0 Å². The highest BCUT2D eigenvalue weighted by molar-refractivity contribution is 7.09. The Hall–Kier alpha value is -0.700. The molecule has 82 valence electrons. The maximum absolute atomic E-state index is 11.5. The van der Waals surface area contributed by atoms with Crippen LogP contribution in [0.1, 0.15) is 43.9 Å². The Morgan fingerprint density at radius 3 is 2.93 bits per heavy atom. The SMILES string of the molecule is CC(C)C1CCC(=O)CC1c1cncs1. The molecule has 2 nitrogen and oxygen atoms in total. The first-order valence-electron chi connectivity index (χ1n) is 5.58. The Balaban J connectivity index is 2.20. The number of carbonyl (C=O) groups is 1. The zero-order valence-corrected chi connectivity index (χ0v) is 10.1. The normalized spacial score (nSPS) is 27.3. The first-order chi connectivity index (χ1) is 7.18. The van der Waals surface area contributed by atoms with Gasteiger partial charge in [0.2, 0.25) is 0 Å². The van der Waals surface area contributed by atoms with Crippen LogP contribution in [0.5, 0.6) is 0 Å². The summed E-state index contributed by atoms with van der Waals surface area (Å²) in [7, 11) is 0. The largest absolute Gasteiger partial charge is 0.300 e. The molecule has 1 aliphatic rings. The predicted octanol–water partition coefficient (Wildman–Crippen LogP) is 3.25. The molecule has 1 fully saturated rings. The minimum atomic E-state index is 0.422. The molecule has 1 aromatic rings. The highest BCUT2D eigenvalue weighted by atomic mass is 32.1. The molecule has 1 aliphatic carbocycles. The second-order valence-corrected chi connectivity index (χ2v) is 5.62. The Morgan fingerprint density at radius 1 is 1.53 bits per heavy atom. The van der Waals surface area contributed by atoms with Crippen LogP contribution in [0.3, 0.4) is 0 Å². The zero-order chi connectivity index (χ0) is 10.8. The highest BCUT2D eigenvalue weighted by Crippen LogP contribution is 2.41. The van der Waals surface area contributed by atoms with Crippen LogP contribution in [-0.4, -0.2) is 10.8 Å². The molecule has 0 radical (unpaired) electrons. The number of Topliss-reactive ketones (excluding diaryl/α,β-unsaturated/α-hetero) is 1. The third-order valence-electron chi connectivity index (χ3n) is 3.39. The molecule has 2 rings (SSSR count). The van der Waals surface area contributed by atoms with Crippen LogP contribution in [0, 0.1) is 11.8 Å². The van der Waals surface area contributed by atoms with Gasteiger partial charge in [-0.1, -0.05) is 13.8 Å². The molecule has 0 bridgehead atoms. The summed E-state index contributed by atoms with van der Waals surface area (Å²) in [5, 5.41) is 0. The van der Waals surface area contributed by atoms with E-state index in [-0.39, 0.29) is 0 Å². The molecule has 1 aromatic heterocycles. The Kier molecular flexibility index (Phi) is 3.19. The molecular weight excluding hydrogens is 206 g/mol. The topological polar surface area (TPSA) is 30.0 Å². The number of aromatic nitrogens is 1. The average Bonchev–Trinajstić information content (AvgIpc) is 2.69. The van der Waals surface area contributed by atoms with E-state index in [4.69, 9.17) is 0 Å². The molecular formula is C12H17NOS. The minimum absolute atomic E-state index is 0.422. The fraction of sp³-hybridized carbons (Fsp3) is 0.667. The summed E-state index contributed by atoms with van der Waals surface area (Å²) in [6, 6.07) is 0. The van der Waals surface area contributed by atoms with Gasteiger partial charge in [0, 0.05) is 29.8 Å². The molecule has 0 saturated heterocycles. The predicted molar refractivity (Wildman–Crippen MR) is 62.0 cm³/mol. The number of carbonyl (C=O) groups excluding carboxylic acids is 1. The summed E-state index contributed by atoms with van der Waals surface area (Å²) < 4.78 is 0. The molecule has 3 heteroatoms. The lowest BCUT2D eigenvalue weighted by atomic mass is 9.72. The number of thiazole rings is 1. The minimum Gasteiger partial charge on any atom is -0.300 e. The molecule has 2 atom stereocenters. The number of hydrogen-bond acceptors (Lipinski definition) is 3. The van der Waals surface area contributed by atoms with Gasteiger partial charge in [-0.05, 0) is 18.3 Å². The van der Waals surface area contributed by atoms with Crippen molar-refractivity contribution in [2.24, 2.45) is 11.8 Å². The number of nitrogens with zero attached hydrogens (tertiary/aromatic N) is 1. The molecule has 0 amide bonds. The second-order valence-electron chi connectivity index (χ2n) is 4.70. The average molecular weight is 223 g/mol. The quantitative estimate of drug-likeness (QED) is 0.770. The van der Waals surface area contributed by atoms with E-state index in [0.29, 0.717) is 23.5 Å². The van der Waals surface area contributed by atoms with E-state index in [9.17, 15) is 4.79 Å². The summed E-state index contributed by atoms with van der Waals surface area (Å²) in [5.74, 6) is 2.16. The van der Waals surface area contributed by atoms with Crippen molar-refractivity contribution in [1.82, 2.24) is 4.98 Å². The number of ketones is 1. The zero-order valence-electron chi connectivity index (χ0n) is 9.27. The van der Waals surface area contributed by atoms with E-state index in [2.05, 4.69) is 18.8 Å². The summed E-state index contributed by atoms with van der Waals surface area (Å²) in [4.78, 5) is 16.9. The van der Waals surface area contributed by atoms with Crippen LogP contribution in [0.2, 0.25) is 0 Å². The summed E-state index contributed by atoms with van der Waals surface area (Å²) in [5.41, 5.74) is 1.87. The van der Waals surface area contributed by atoms with Crippen molar-refractivity contribution < 1.29 is 4.79 Å². The van der Waals surface area contributed by atoms with Crippen LogP contribution >= 0.6 is 11.3 Å². The standard InChI is InChI=1S/C12H17NOS/c1-8(2)10-4-3-9(14)5-11(10)12-6-13-7-15-12/h6-8,10-11H,3-5H2,1-2H3. The third-order valence-corrected chi connectivity index (χ3v) is 4.30. The van der Waals surface area contributed by atoms with Gasteiger partial charge in [0.05, 0.1) is 5.51 Å². The van der Waals surface area contributed by atoms with Gasteiger partial charge in [-0.15, -0.1) is 11.3 Å². The summed E-state index contributed by atoms with van der Waals surface area (Å²) >= 11 is 1.69. The fourth-order valence-electron chi connectivity index (χ4n) is 2.55. The third kappa shape index (κ3) is 2.28. The summed E-state index contributed by atoms with van der Waals surface area (Å²) in [6.07, 6.45) is 4.49. The van der Waals surface area contributed by atoms with Crippen LogP contribution in [0.4, 0.5) is 0 Å². The van der Waals surface area contributed by atoms with Crippen molar-refractivity contribution in [3.8, 4) is 0 Å².